The van der Waals surface area contributed by atoms with Gasteiger partial charge in [0.05, 0.1) is 5.69 Å². The first-order valence-corrected chi connectivity index (χ1v) is 4.63. The fraction of sp³-hybridized carbons (Fsp3) is 0.400. The maximum absolute atomic E-state index is 11.3. The van der Waals surface area contributed by atoms with Gasteiger partial charge in [0.1, 0.15) is 6.26 Å². The molecule has 1 atom stereocenters. The Labute approximate surface area is 82.2 Å². The van der Waals surface area contributed by atoms with Crippen LogP contribution in [0.15, 0.2) is 29.5 Å². The summed E-state index contributed by atoms with van der Waals surface area (Å²) in [6.45, 7) is 4.97. The van der Waals surface area contributed by atoms with E-state index in [1.807, 2.05) is 6.07 Å². The lowest BCUT2D eigenvalue weighted by Crippen LogP contribution is -2.26. The third-order valence-corrected chi connectivity index (χ3v) is 2.55. The number of carbonyl (C=O) groups is 1. The van der Waals surface area contributed by atoms with Crippen molar-refractivity contribution in [3.8, 4) is 0 Å². The molecule has 0 N–H and O–H groups in total. The number of rotatable bonds is 2. The molecule has 1 saturated heterocycles. The van der Waals surface area contributed by atoms with Gasteiger partial charge in [-0.05, 0) is 12.5 Å². The van der Waals surface area contributed by atoms with Crippen molar-refractivity contribution in [1.29, 1.82) is 0 Å². The number of amides is 1. The highest BCUT2D eigenvalue weighted by Gasteiger charge is 2.27. The van der Waals surface area contributed by atoms with Crippen LogP contribution >= 0.6 is 0 Å². The van der Waals surface area contributed by atoms with E-state index in [1.54, 1.807) is 11.2 Å². The van der Waals surface area contributed by atoms with Gasteiger partial charge in [0.2, 0.25) is 5.91 Å². The molecule has 2 rings (SSSR count). The number of nitrogens with zero attached hydrogens (tertiary/aromatic N) is 2. The summed E-state index contributed by atoms with van der Waals surface area (Å²) in [6, 6.07) is 1.85. The minimum atomic E-state index is -0.00371. The van der Waals surface area contributed by atoms with Crippen molar-refractivity contribution < 1.29 is 9.32 Å². The van der Waals surface area contributed by atoms with Crippen molar-refractivity contribution >= 4 is 5.91 Å². The Morgan fingerprint density at radius 2 is 2.64 bits per heavy atom. The molecule has 1 fully saturated rings. The Morgan fingerprint density at radius 3 is 3.29 bits per heavy atom. The van der Waals surface area contributed by atoms with E-state index in [1.165, 1.54) is 6.08 Å². The van der Waals surface area contributed by atoms with E-state index < -0.39 is 0 Å². The molecule has 74 valence electrons. The third kappa shape index (κ3) is 1.55. The molecule has 1 aromatic rings. The molecule has 0 spiro atoms. The van der Waals surface area contributed by atoms with Crippen LogP contribution in [-0.2, 0) is 4.79 Å². The molecular weight excluding hydrogens is 180 g/mol. The van der Waals surface area contributed by atoms with Crippen LogP contribution < -0.4 is 0 Å². The fourth-order valence-electron chi connectivity index (χ4n) is 1.76. The highest BCUT2D eigenvalue weighted by atomic mass is 16.5. The molecule has 1 amide bonds. The Bertz CT molecular complexity index is 332. The SMILES string of the molecule is C=CC(=O)N1CCC(c2ccon2)C1. The largest absolute Gasteiger partial charge is 0.365 e. The molecule has 0 aromatic carbocycles. The number of hydrogen-bond acceptors (Lipinski definition) is 3. The van der Waals surface area contributed by atoms with Crippen LogP contribution in [0.3, 0.4) is 0 Å². The molecular formula is C10H12N2O2. The minimum Gasteiger partial charge on any atom is -0.365 e. The average molecular weight is 192 g/mol. The monoisotopic (exact) mass is 192 g/mol. The molecule has 0 saturated carbocycles. The van der Waals surface area contributed by atoms with Crippen LogP contribution in [0.25, 0.3) is 0 Å². The van der Waals surface area contributed by atoms with Crippen molar-refractivity contribution in [3.63, 3.8) is 0 Å². The Morgan fingerprint density at radius 1 is 1.79 bits per heavy atom. The second kappa shape index (κ2) is 3.65. The smallest absolute Gasteiger partial charge is 0.245 e. The van der Waals surface area contributed by atoms with E-state index in [0.717, 1.165) is 25.2 Å². The van der Waals surface area contributed by atoms with Crippen molar-refractivity contribution in [2.45, 2.75) is 12.3 Å². The third-order valence-electron chi connectivity index (χ3n) is 2.55. The second-order valence-electron chi connectivity index (χ2n) is 3.40. The molecule has 1 aromatic heterocycles. The predicted molar refractivity (Wildman–Crippen MR) is 50.6 cm³/mol. The van der Waals surface area contributed by atoms with Gasteiger partial charge < -0.3 is 9.42 Å². The van der Waals surface area contributed by atoms with Gasteiger partial charge in [0, 0.05) is 25.1 Å². The zero-order valence-electron chi connectivity index (χ0n) is 7.85. The van der Waals surface area contributed by atoms with Crippen molar-refractivity contribution in [2.75, 3.05) is 13.1 Å². The zero-order valence-corrected chi connectivity index (χ0v) is 7.85. The second-order valence-corrected chi connectivity index (χ2v) is 3.40. The summed E-state index contributed by atoms with van der Waals surface area (Å²) in [5.41, 5.74) is 0.935. The summed E-state index contributed by atoms with van der Waals surface area (Å²) in [5.74, 6) is 0.314. The van der Waals surface area contributed by atoms with Crippen LogP contribution in [0.1, 0.15) is 18.0 Å². The minimum absolute atomic E-state index is 0.00371. The standard InChI is InChI=1S/C10H12N2O2/c1-2-10(13)12-5-3-8(7-12)9-4-6-14-11-9/h2,4,6,8H,1,3,5,7H2. The number of carbonyl (C=O) groups excluding carboxylic acids is 1. The molecule has 0 radical (unpaired) electrons. The number of likely N-dealkylation sites (tertiary alicyclic amines) is 1. The Balaban J connectivity index is 2.02. The van der Waals surface area contributed by atoms with Crippen molar-refractivity contribution in [1.82, 2.24) is 10.1 Å². The van der Waals surface area contributed by atoms with E-state index in [0.29, 0.717) is 5.92 Å². The molecule has 4 nitrogen and oxygen atoms in total. The fourth-order valence-corrected chi connectivity index (χ4v) is 1.76. The molecule has 1 aliphatic heterocycles. The van der Waals surface area contributed by atoms with Gasteiger partial charge in [-0.1, -0.05) is 11.7 Å². The first-order valence-electron chi connectivity index (χ1n) is 4.63. The maximum Gasteiger partial charge on any atom is 0.245 e. The van der Waals surface area contributed by atoms with Gasteiger partial charge in [-0.2, -0.15) is 0 Å². The average Bonchev–Trinajstić information content (AvgIpc) is 2.86. The first-order chi connectivity index (χ1) is 6.81. The molecule has 2 heterocycles. The highest BCUT2D eigenvalue weighted by Crippen LogP contribution is 2.25. The van der Waals surface area contributed by atoms with Gasteiger partial charge >= 0.3 is 0 Å². The number of aromatic nitrogens is 1. The maximum atomic E-state index is 11.3. The van der Waals surface area contributed by atoms with E-state index in [-0.39, 0.29) is 5.91 Å². The lowest BCUT2D eigenvalue weighted by atomic mass is 10.1. The van der Waals surface area contributed by atoms with E-state index in [9.17, 15) is 4.79 Å². The van der Waals surface area contributed by atoms with Crippen LogP contribution in [0.2, 0.25) is 0 Å². The van der Waals surface area contributed by atoms with Crippen LogP contribution in [0.5, 0.6) is 0 Å². The van der Waals surface area contributed by atoms with Gasteiger partial charge in [-0.3, -0.25) is 4.79 Å². The van der Waals surface area contributed by atoms with Crippen LogP contribution in [-0.4, -0.2) is 29.1 Å². The topological polar surface area (TPSA) is 46.3 Å². The zero-order chi connectivity index (χ0) is 9.97. The molecule has 4 heteroatoms. The van der Waals surface area contributed by atoms with Gasteiger partial charge in [-0.15, -0.1) is 0 Å². The quantitative estimate of drug-likeness (QED) is 0.661. The molecule has 14 heavy (non-hydrogen) atoms. The van der Waals surface area contributed by atoms with Gasteiger partial charge in [0.25, 0.3) is 0 Å². The van der Waals surface area contributed by atoms with E-state index in [2.05, 4.69) is 11.7 Å². The summed E-state index contributed by atoms with van der Waals surface area (Å²) in [7, 11) is 0. The lowest BCUT2D eigenvalue weighted by molar-refractivity contribution is -0.125. The predicted octanol–water partition coefficient (Wildman–Crippen LogP) is 1.18. The summed E-state index contributed by atoms with van der Waals surface area (Å²) >= 11 is 0. The molecule has 0 bridgehead atoms. The lowest BCUT2D eigenvalue weighted by Gasteiger charge is -2.12. The van der Waals surface area contributed by atoms with Gasteiger partial charge in [-0.25, -0.2) is 0 Å². The molecule has 1 unspecified atom stereocenters. The van der Waals surface area contributed by atoms with Crippen LogP contribution in [0, 0.1) is 0 Å². The Kier molecular flexibility index (Phi) is 2.35. The van der Waals surface area contributed by atoms with E-state index in [4.69, 9.17) is 4.52 Å². The summed E-state index contributed by atoms with van der Waals surface area (Å²) < 4.78 is 4.78. The normalized spacial score (nSPS) is 21.1. The highest BCUT2D eigenvalue weighted by molar-refractivity contribution is 5.87. The van der Waals surface area contributed by atoms with Crippen molar-refractivity contribution in [3.05, 3.63) is 30.7 Å². The Hall–Kier alpha value is -1.58. The molecule has 0 aliphatic carbocycles. The van der Waals surface area contributed by atoms with Crippen LogP contribution in [0.4, 0.5) is 0 Å². The van der Waals surface area contributed by atoms with Gasteiger partial charge in [0.15, 0.2) is 0 Å². The summed E-state index contributed by atoms with van der Waals surface area (Å²) in [5, 5.41) is 3.88. The molecule has 1 aliphatic rings. The summed E-state index contributed by atoms with van der Waals surface area (Å²) in [4.78, 5) is 13.1. The number of hydrogen-bond donors (Lipinski definition) is 0. The van der Waals surface area contributed by atoms with E-state index >= 15 is 0 Å². The van der Waals surface area contributed by atoms with Crippen molar-refractivity contribution in [2.24, 2.45) is 0 Å². The summed E-state index contributed by atoms with van der Waals surface area (Å²) in [6.07, 6.45) is 3.87. The first kappa shape index (κ1) is 8.99.